The summed E-state index contributed by atoms with van der Waals surface area (Å²) in [7, 11) is 1.69. The minimum absolute atomic E-state index is 0.0369. The van der Waals surface area contributed by atoms with Crippen molar-refractivity contribution in [2.45, 2.75) is 46.3 Å². The molecule has 1 aromatic rings. The van der Waals surface area contributed by atoms with Crippen molar-refractivity contribution in [1.82, 2.24) is 0 Å². The lowest BCUT2D eigenvalue weighted by atomic mass is 10.0. The van der Waals surface area contributed by atoms with Gasteiger partial charge in [0.2, 0.25) is 0 Å². The second-order valence-corrected chi connectivity index (χ2v) is 5.12. The van der Waals surface area contributed by atoms with Crippen LogP contribution in [0.1, 0.15) is 44.9 Å². The van der Waals surface area contributed by atoms with Crippen molar-refractivity contribution < 1.29 is 9.47 Å². The summed E-state index contributed by atoms with van der Waals surface area (Å²) in [4.78, 5) is 0. The summed E-state index contributed by atoms with van der Waals surface area (Å²) >= 11 is 0. The molecule has 0 fully saturated rings. The minimum Gasteiger partial charge on any atom is -0.496 e. The molecule has 1 atom stereocenters. The van der Waals surface area contributed by atoms with Crippen LogP contribution in [0, 0.1) is 6.92 Å². The van der Waals surface area contributed by atoms with Gasteiger partial charge in [0, 0.05) is 5.56 Å². The average molecular weight is 222 g/mol. The highest BCUT2D eigenvalue weighted by Gasteiger charge is 2.19. The lowest BCUT2D eigenvalue weighted by Crippen LogP contribution is -2.21. The molecule has 90 valence electrons. The number of benzene rings is 1. The Labute approximate surface area is 98.6 Å². The van der Waals surface area contributed by atoms with Crippen LogP contribution in [0.5, 0.6) is 5.75 Å². The van der Waals surface area contributed by atoms with E-state index in [2.05, 4.69) is 40.7 Å². The molecule has 0 saturated carbocycles. The standard InChI is InChI=1S/C14H22O2/c1-10-7-8-13(15-6)12(9-10)11(2)16-14(3,4)5/h7-9,11H,1-6H3. The Bertz CT molecular complexity index is 350. The molecule has 0 heterocycles. The zero-order valence-corrected chi connectivity index (χ0v) is 11.1. The fraction of sp³-hybridized carbons (Fsp3) is 0.571. The predicted octanol–water partition coefficient (Wildman–Crippen LogP) is 3.88. The van der Waals surface area contributed by atoms with Crippen molar-refractivity contribution in [3.8, 4) is 5.75 Å². The van der Waals surface area contributed by atoms with Gasteiger partial charge in [-0.05, 0) is 46.8 Å². The lowest BCUT2D eigenvalue weighted by molar-refractivity contribution is -0.0537. The van der Waals surface area contributed by atoms with Gasteiger partial charge in [0.15, 0.2) is 0 Å². The molecule has 0 amide bonds. The van der Waals surface area contributed by atoms with Gasteiger partial charge in [0.1, 0.15) is 5.75 Å². The fourth-order valence-electron chi connectivity index (χ4n) is 1.77. The molecule has 1 aromatic carbocycles. The van der Waals surface area contributed by atoms with E-state index in [-0.39, 0.29) is 11.7 Å². The van der Waals surface area contributed by atoms with E-state index in [0.717, 1.165) is 11.3 Å². The molecule has 2 nitrogen and oxygen atoms in total. The Morgan fingerprint density at radius 1 is 1.19 bits per heavy atom. The summed E-state index contributed by atoms with van der Waals surface area (Å²) in [6.45, 7) is 10.3. The van der Waals surface area contributed by atoms with Crippen LogP contribution in [0.4, 0.5) is 0 Å². The van der Waals surface area contributed by atoms with Gasteiger partial charge in [-0.25, -0.2) is 0 Å². The summed E-state index contributed by atoms with van der Waals surface area (Å²) in [6.07, 6.45) is 0.0369. The van der Waals surface area contributed by atoms with E-state index in [1.807, 2.05) is 12.1 Å². The molecule has 0 aromatic heterocycles. The summed E-state index contributed by atoms with van der Waals surface area (Å²) in [6, 6.07) is 6.16. The molecule has 1 rings (SSSR count). The Hall–Kier alpha value is -1.02. The quantitative estimate of drug-likeness (QED) is 0.772. The van der Waals surface area contributed by atoms with Gasteiger partial charge < -0.3 is 9.47 Å². The number of aryl methyl sites for hydroxylation is 1. The minimum atomic E-state index is -0.145. The summed E-state index contributed by atoms with van der Waals surface area (Å²) in [5.41, 5.74) is 2.19. The van der Waals surface area contributed by atoms with Crippen LogP contribution < -0.4 is 4.74 Å². The lowest BCUT2D eigenvalue weighted by Gasteiger charge is -2.26. The van der Waals surface area contributed by atoms with Crippen molar-refractivity contribution in [1.29, 1.82) is 0 Å². The van der Waals surface area contributed by atoms with Crippen molar-refractivity contribution in [3.05, 3.63) is 29.3 Å². The smallest absolute Gasteiger partial charge is 0.124 e. The second kappa shape index (κ2) is 4.88. The molecule has 2 heteroatoms. The first-order chi connectivity index (χ1) is 7.33. The van der Waals surface area contributed by atoms with Gasteiger partial charge in [0.05, 0.1) is 18.8 Å². The number of rotatable bonds is 3. The summed E-state index contributed by atoms with van der Waals surface area (Å²) < 4.78 is 11.3. The predicted molar refractivity (Wildman–Crippen MR) is 67.0 cm³/mol. The first-order valence-electron chi connectivity index (χ1n) is 5.66. The number of hydrogen-bond donors (Lipinski definition) is 0. The van der Waals surface area contributed by atoms with Crippen LogP contribution in [-0.4, -0.2) is 12.7 Å². The third kappa shape index (κ3) is 3.53. The normalized spacial score (nSPS) is 13.6. The SMILES string of the molecule is COc1ccc(C)cc1C(C)OC(C)(C)C. The van der Waals surface area contributed by atoms with Crippen LogP contribution in [0.3, 0.4) is 0 Å². The molecular formula is C14H22O2. The van der Waals surface area contributed by atoms with Crippen molar-refractivity contribution in [2.75, 3.05) is 7.11 Å². The maximum Gasteiger partial charge on any atom is 0.124 e. The van der Waals surface area contributed by atoms with E-state index in [1.54, 1.807) is 7.11 Å². The molecule has 16 heavy (non-hydrogen) atoms. The van der Waals surface area contributed by atoms with E-state index in [1.165, 1.54) is 5.56 Å². The number of ether oxygens (including phenoxy) is 2. The second-order valence-electron chi connectivity index (χ2n) is 5.12. The molecule has 0 aliphatic carbocycles. The summed E-state index contributed by atoms with van der Waals surface area (Å²) in [5.74, 6) is 0.891. The van der Waals surface area contributed by atoms with E-state index >= 15 is 0 Å². The summed E-state index contributed by atoms with van der Waals surface area (Å²) in [5, 5.41) is 0. The molecule has 0 bridgehead atoms. The number of hydrogen-bond acceptors (Lipinski definition) is 2. The fourth-order valence-corrected chi connectivity index (χ4v) is 1.77. The molecule has 0 saturated heterocycles. The Kier molecular flexibility index (Phi) is 3.98. The zero-order valence-electron chi connectivity index (χ0n) is 11.1. The highest BCUT2D eigenvalue weighted by Crippen LogP contribution is 2.31. The molecular weight excluding hydrogens is 200 g/mol. The van der Waals surface area contributed by atoms with Gasteiger partial charge in [-0.15, -0.1) is 0 Å². The van der Waals surface area contributed by atoms with Gasteiger partial charge in [-0.3, -0.25) is 0 Å². The molecule has 0 N–H and O–H groups in total. The maximum atomic E-state index is 5.94. The van der Waals surface area contributed by atoms with Crippen LogP contribution in [0.2, 0.25) is 0 Å². The molecule has 0 spiro atoms. The Morgan fingerprint density at radius 3 is 2.31 bits per heavy atom. The van der Waals surface area contributed by atoms with Crippen LogP contribution in [0.25, 0.3) is 0 Å². The van der Waals surface area contributed by atoms with E-state index in [4.69, 9.17) is 9.47 Å². The van der Waals surface area contributed by atoms with E-state index < -0.39 is 0 Å². The maximum absolute atomic E-state index is 5.94. The highest BCUT2D eigenvalue weighted by atomic mass is 16.5. The van der Waals surface area contributed by atoms with E-state index in [0.29, 0.717) is 0 Å². The Balaban J connectivity index is 2.97. The van der Waals surface area contributed by atoms with Crippen molar-refractivity contribution >= 4 is 0 Å². The van der Waals surface area contributed by atoms with Gasteiger partial charge in [-0.2, -0.15) is 0 Å². The first kappa shape index (κ1) is 13.0. The molecule has 0 radical (unpaired) electrons. The van der Waals surface area contributed by atoms with Gasteiger partial charge in [0.25, 0.3) is 0 Å². The topological polar surface area (TPSA) is 18.5 Å². The first-order valence-corrected chi connectivity index (χ1v) is 5.66. The van der Waals surface area contributed by atoms with Crippen molar-refractivity contribution in [3.63, 3.8) is 0 Å². The van der Waals surface area contributed by atoms with Crippen LogP contribution >= 0.6 is 0 Å². The third-order valence-electron chi connectivity index (χ3n) is 2.35. The van der Waals surface area contributed by atoms with Gasteiger partial charge >= 0.3 is 0 Å². The molecule has 0 aliphatic rings. The average Bonchev–Trinajstić information content (AvgIpc) is 2.15. The number of methoxy groups -OCH3 is 1. The Morgan fingerprint density at radius 2 is 1.81 bits per heavy atom. The monoisotopic (exact) mass is 222 g/mol. The van der Waals surface area contributed by atoms with Crippen LogP contribution in [0.15, 0.2) is 18.2 Å². The van der Waals surface area contributed by atoms with Gasteiger partial charge in [-0.1, -0.05) is 11.6 Å². The zero-order chi connectivity index (χ0) is 12.3. The van der Waals surface area contributed by atoms with E-state index in [9.17, 15) is 0 Å². The van der Waals surface area contributed by atoms with Crippen LogP contribution in [-0.2, 0) is 4.74 Å². The molecule has 0 aliphatic heterocycles. The largest absolute Gasteiger partial charge is 0.496 e. The van der Waals surface area contributed by atoms with Crippen molar-refractivity contribution in [2.24, 2.45) is 0 Å². The molecule has 1 unspecified atom stereocenters. The highest BCUT2D eigenvalue weighted by molar-refractivity contribution is 5.38. The third-order valence-corrected chi connectivity index (χ3v) is 2.35.